The van der Waals surface area contributed by atoms with E-state index in [9.17, 15) is 19.5 Å². The summed E-state index contributed by atoms with van der Waals surface area (Å²) in [6, 6.07) is 12.9. The van der Waals surface area contributed by atoms with E-state index in [-0.39, 0.29) is 29.4 Å². The molecule has 0 atom stereocenters. The molecule has 0 radical (unpaired) electrons. The van der Waals surface area contributed by atoms with Crippen molar-refractivity contribution in [3.05, 3.63) is 59.3 Å². The van der Waals surface area contributed by atoms with Gasteiger partial charge in [0.2, 0.25) is 0 Å². The molecule has 2 amide bonds. The SMILES string of the molecule is CCN(CC)CCN(C)C(=O)c1ccc(-n2nc(C(=O)NC3(C(=O)O)C4CC5CC(C4)CC3C5)cc2-c2c(OC)cccc2OC)c(C2CC2)c1. The van der Waals surface area contributed by atoms with Crippen LogP contribution in [0.5, 0.6) is 11.5 Å². The van der Waals surface area contributed by atoms with Crippen molar-refractivity contribution in [1.29, 1.82) is 0 Å². The molecule has 0 aliphatic heterocycles. The Bertz CT molecular complexity index is 1760. The second-order valence-electron chi connectivity index (χ2n) is 15.1. The topological polar surface area (TPSA) is 126 Å². The summed E-state index contributed by atoms with van der Waals surface area (Å²) in [5.41, 5.74) is 2.33. The first-order chi connectivity index (χ1) is 24.6. The highest BCUT2D eigenvalue weighted by Crippen LogP contribution is 2.58. The number of nitrogens with zero attached hydrogens (tertiary/aromatic N) is 4. The molecule has 11 nitrogen and oxygen atoms in total. The minimum Gasteiger partial charge on any atom is -0.496 e. The van der Waals surface area contributed by atoms with E-state index < -0.39 is 17.4 Å². The van der Waals surface area contributed by atoms with E-state index in [0.717, 1.165) is 69.4 Å². The molecule has 8 rings (SSSR count). The fraction of sp³-hybridized carbons (Fsp3) is 0.550. The fourth-order valence-corrected chi connectivity index (χ4v) is 9.50. The monoisotopic (exact) mass is 697 g/mol. The van der Waals surface area contributed by atoms with Crippen LogP contribution in [0.1, 0.15) is 91.1 Å². The molecule has 11 heteroatoms. The zero-order chi connectivity index (χ0) is 36.0. The van der Waals surface area contributed by atoms with Crippen LogP contribution >= 0.6 is 0 Å². The lowest BCUT2D eigenvalue weighted by Gasteiger charge is -2.59. The maximum Gasteiger partial charge on any atom is 0.330 e. The van der Waals surface area contributed by atoms with Crippen LogP contribution in [-0.4, -0.2) is 95.5 Å². The van der Waals surface area contributed by atoms with Gasteiger partial charge >= 0.3 is 5.97 Å². The average molecular weight is 698 g/mol. The van der Waals surface area contributed by atoms with Crippen LogP contribution in [0.25, 0.3) is 16.9 Å². The van der Waals surface area contributed by atoms with Crippen molar-refractivity contribution in [3.63, 3.8) is 0 Å². The molecule has 1 aromatic heterocycles. The second-order valence-corrected chi connectivity index (χ2v) is 15.1. The van der Waals surface area contributed by atoms with Crippen LogP contribution in [0, 0.1) is 23.7 Å². The largest absolute Gasteiger partial charge is 0.496 e. The Morgan fingerprint density at radius 2 is 1.55 bits per heavy atom. The predicted octanol–water partition coefficient (Wildman–Crippen LogP) is 5.86. The lowest BCUT2D eigenvalue weighted by atomic mass is 9.48. The highest BCUT2D eigenvalue weighted by Gasteiger charge is 2.62. The molecule has 0 saturated heterocycles. The van der Waals surface area contributed by atoms with Crippen LogP contribution in [0.4, 0.5) is 0 Å². The average Bonchev–Trinajstić information content (AvgIpc) is 3.89. The van der Waals surface area contributed by atoms with Gasteiger partial charge in [-0.3, -0.25) is 9.59 Å². The third kappa shape index (κ3) is 6.27. The Balaban J connectivity index is 1.29. The highest BCUT2D eigenvalue weighted by molar-refractivity contribution is 5.98. The maximum atomic E-state index is 14.3. The van der Waals surface area contributed by atoms with Gasteiger partial charge in [0.05, 0.1) is 31.2 Å². The van der Waals surface area contributed by atoms with Crippen LogP contribution in [0.15, 0.2) is 42.5 Å². The number of benzene rings is 2. The van der Waals surface area contributed by atoms with E-state index in [1.165, 1.54) is 6.42 Å². The van der Waals surface area contributed by atoms with Gasteiger partial charge in [-0.15, -0.1) is 0 Å². The molecule has 5 aliphatic rings. The van der Waals surface area contributed by atoms with E-state index in [0.29, 0.717) is 46.7 Å². The van der Waals surface area contributed by atoms with E-state index in [1.54, 1.807) is 29.9 Å². The van der Waals surface area contributed by atoms with Crippen LogP contribution in [-0.2, 0) is 4.79 Å². The first kappa shape index (κ1) is 35.0. The number of likely N-dealkylation sites (N-methyl/N-ethyl adjacent to an activating group) is 2. The Hall–Kier alpha value is -4.38. The lowest BCUT2D eigenvalue weighted by Crippen LogP contribution is -2.70. The number of amides is 2. The van der Waals surface area contributed by atoms with Gasteiger partial charge in [0.15, 0.2) is 5.69 Å². The molecule has 2 N–H and O–H groups in total. The summed E-state index contributed by atoms with van der Waals surface area (Å²) >= 11 is 0. The molecule has 3 aromatic rings. The number of ether oxygens (including phenoxy) is 2. The van der Waals surface area contributed by atoms with E-state index in [1.807, 2.05) is 43.4 Å². The first-order valence-corrected chi connectivity index (χ1v) is 18.6. The highest BCUT2D eigenvalue weighted by atomic mass is 16.5. The third-order valence-electron chi connectivity index (χ3n) is 12.2. The summed E-state index contributed by atoms with van der Waals surface area (Å²) in [6.45, 7) is 7.54. The molecule has 4 bridgehead atoms. The van der Waals surface area contributed by atoms with Crippen molar-refractivity contribution in [2.24, 2.45) is 23.7 Å². The van der Waals surface area contributed by atoms with Crippen molar-refractivity contribution >= 4 is 17.8 Å². The van der Waals surface area contributed by atoms with E-state index in [2.05, 4.69) is 24.1 Å². The number of hydrogen-bond donors (Lipinski definition) is 2. The van der Waals surface area contributed by atoms with E-state index >= 15 is 0 Å². The third-order valence-corrected chi connectivity index (χ3v) is 12.2. The minimum absolute atomic E-state index is 0.0441. The minimum atomic E-state index is -1.31. The molecular weight excluding hydrogens is 646 g/mol. The quantitative estimate of drug-likeness (QED) is 0.215. The number of aromatic nitrogens is 2. The molecule has 5 fully saturated rings. The maximum absolute atomic E-state index is 14.3. The van der Waals surface area contributed by atoms with Gasteiger partial charge in [0.1, 0.15) is 17.0 Å². The second kappa shape index (κ2) is 14.0. The number of aliphatic carboxylic acids is 1. The Labute approximate surface area is 300 Å². The molecule has 5 aliphatic carbocycles. The molecule has 5 saturated carbocycles. The van der Waals surface area contributed by atoms with Gasteiger partial charge in [-0.2, -0.15) is 5.10 Å². The normalized spacial score (nSPS) is 24.8. The van der Waals surface area contributed by atoms with Crippen molar-refractivity contribution in [2.45, 2.75) is 70.3 Å². The molecule has 272 valence electrons. The number of carbonyl (C=O) groups excluding carboxylic acids is 2. The van der Waals surface area contributed by atoms with Crippen molar-refractivity contribution in [3.8, 4) is 28.4 Å². The summed E-state index contributed by atoms with van der Waals surface area (Å²) < 4.78 is 13.4. The number of carboxylic acid groups (broad SMARTS) is 1. The summed E-state index contributed by atoms with van der Waals surface area (Å²) in [5, 5.41) is 18.7. The fourth-order valence-electron chi connectivity index (χ4n) is 9.50. The van der Waals surface area contributed by atoms with Crippen LogP contribution in [0.2, 0.25) is 0 Å². The molecule has 0 spiro atoms. The molecular formula is C40H51N5O6. The standard InChI is InChI=1S/C40H51N5O6/c1-6-44(7-2)16-15-43(3)38(47)27-13-14-32(30(22-27)26-11-12-26)45-33(36-34(50-4)9-8-10-35(36)51-5)23-31(42-45)37(46)41-40(39(48)49)28-18-24-17-25(20-28)21-29(40)19-24/h8-10,13-14,22-26,28-29H,6-7,11-12,15-21H2,1-5H3,(H,41,46)(H,48,49). The summed E-state index contributed by atoms with van der Waals surface area (Å²) in [7, 11) is 5.01. The van der Waals surface area contributed by atoms with Crippen LogP contribution < -0.4 is 14.8 Å². The van der Waals surface area contributed by atoms with Crippen molar-refractivity contribution in [2.75, 3.05) is 47.4 Å². The van der Waals surface area contributed by atoms with E-state index in [4.69, 9.17) is 14.6 Å². The van der Waals surface area contributed by atoms with Gasteiger partial charge in [0.25, 0.3) is 11.8 Å². The first-order valence-electron chi connectivity index (χ1n) is 18.6. The van der Waals surface area contributed by atoms with Gasteiger partial charge < -0.3 is 29.7 Å². The van der Waals surface area contributed by atoms with Gasteiger partial charge in [-0.25, -0.2) is 9.48 Å². The lowest BCUT2D eigenvalue weighted by molar-refractivity contribution is -0.163. The Kier molecular flexibility index (Phi) is 9.60. The van der Waals surface area contributed by atoms with Gasteiger partial charge in [-0.05, 0) is 130 Å². The summed E-state index contributed by atoms with van der Waals surface area (Å²) in [4.78, 5) is 45.2. The van der Waals surface area contributed by atoms with Crippen molar-refractivity contribution in [1.82, 2.24) is 24.9 Å². The Morgan fingerprint density at radius 1 is 0.922 bits per heavy atom. The predicted molar refractivity (Wildman–Crippen MR) is 194 cm³/mol. The van der Waals surface area contributed by atoms with Crippen molar-refractivity contribution < 1.29 is 29.0 Å². The number of nitrogens with one attached hydrogen (secondary N) is 1. The zero-order valence-electron chi connectivity index (χ0n) is 30.5. The number of rotatable bonds is 14. The molecule has 1 heterocycles. The summed E-state index contributed by atoms with van der Waals surface area (Å²) in [5.74, 6) is 0.716. The molecule has 51 heavy (non-hydrogen) atoms. The number of methoxy groups -OCH3 is 2. The van der Waals surface area contributed by atoms with Gasteiger partial charge in [0, 0.05) is 25.7 Å². The number of hydrogen-bond acceptors (Lipinski definition) is 7. The smallest absolute Gasteiger partial charge is 0.330 e. The Morgan fingerprint density at radius 3 is 2.10 bits per heavy atom. The molecule has 0 unspecified atom stereocenters. The van der Waals surface area contributed by atoms with Gasteiger partial charge in [-0.1, -0.05) is 19.9 Å². The number of carbonyl (C=O) groups is 3. The molecule has 2 aromatic carbocycles. The summed E-state index contributed by atoms with van der Waals surface area (Å²) in [6.07, 6.45) is 6.46. The zero-order valence-corrected chi connectivity index (χ0v) is 30.5. The number of carboxylic acids is 1. The van der Waals surface area contributed by atoms with Crippen LogP contribution in [0.3, 0.4) is 0 Å².